The lowest BCUT2D eigenvalue weighted by Gasteiger charge is -2.15. The number of nitrogens with zero attached hydrogens (tertiary/aromatic N) is 3. The van der Waals surface area contributed by atoms with Gasteiger partial charge in [0, 0.05) is 11.5 Å². The van der Waals surface area contributed by atoms with E-state index in [4.69, 9.17) is 15.4 Å². The standard InChI is InChI=1S/C8H17N3O3/c1-2-3-4-14-6-8(13)7(5-12)10-11-9/h7-8,12-13H,2-6H2,1H3/t7-,8-/m0/s1. The molecule has 0 bridgehead atoms. The summed E-state index contributed by atoms with van der Waals surface area (Å²) in [6.07, 6.45) is 1.02. The highest BCUT2D eigenvalue weighted by Crippen LogP contribution is 2.00. The fraction of sp³-hybridized carbons (Fsp3) is 1.00. The van der Waals surface area contributed by atoms with Gasteiger partial charge in [-0.25, -0.2) is 0 Å². The van der Waals surface area contributed by atoms with E-state index in [0.717, 1.165) is 12.8 Å². The largest absolute Gasteiger partial charge is 0.396 e. The average molecular weight is 203 g/mol. The summed E-state index contributed by atoms with van der Waals surface area (Å²) in [7, 11) is 0. The van der Waals surface area contributed by atoms with Crippen LogP contribution in [0.15, 0.2) is 5.11 Å². The fourth-order valence-electron chi connectivity index (χ4n) is 0.863. The lowest BCUT2D eigenvalue weighted by Crippen LogP contribution is -2.31. The summed E-state index contributed by atoms with van der Waals surface area (Å²) in [5.74, 6) is 0. The number of rotatable bonds is 8. The van der Waals surface area contributed by atoms with E-state index in [9.17, 15) is 5.11 Å². The van der Waals surface area contributed by atoms with Gasteiger partial charge in [0.05, 0.1) is 25.4 Å². The Morgan fingerprint density at radius 3 is 2.79 bits per heavy atom. The van der Waals surface area contributed by atoms with Gasteiger partial charge < -0.3 is 14.9 Å². The van der Waals surface area contributed by atoms with Crippen molar-refractivity contribution in [3.8, 4) is 0 Å². The number of aliphatic hydroxyl groups excluding tert-OH is 2. The molecule has 0 aromatic heterocycles. The van der Waals surface area contributed by atoms with E-state index in [1.807, 2.05) is 6.92 Å². The van der Waals surface area contributed by atoms with E-state index in [1.165, 1.54) is 0 Å². The van der Waals surface area contributed by atoms with Crippen molar-refractivity contribution >= 4 is 0 Å². The average Bonchev–Trinajstić information content (AvgIpc) is 2.20. The Kier molecular flexibility index (Phi) is 8.27. The van der Waals surface area contributed by atoms with Gasteiger partial charge >= 0.3 is 0 Å². The Bertz CT molecular complexity index is 183. The third kappa shape index (κ3) is 5.77. The van der Waals surface area contributed by atoms with Crippen LogP contribution in [0.3, 0.4) is 0 Å². The molecule has 0 rings (SSSR count). The van der Waals surface area contributed by atoms with Crippen LogP contribution in [0, 0.1) is 0 Å². The Morgan fingerprint density at radius 1 is 1.57 bits per heavy atom. The Balaban J connectivity index is 3.68. The maximum absolute atomic E-state index is 9.39. The quantitative estimate of drug-likeness (QED) is 0.264. The monoisotopic (exact) mass is 203 g/mol. The van der Waals surface area contributed by atoms with E-state index >= 15 is 0 Å². The lowest BCUT2D eigenvalue weighted by atomic mass is 10.2. The first-order chi connectivity index (χ1) is 6.76. The van der Waals surface area contributed by atoms with E-state index in [1.54, 1.807) is 0 Å². The highest BCUT2D eigenvalue weighted by molar-refractivity contribution is 4.74. The van der Waals surface area contributed by atoms with Crippen molar-refractivity contribution in [2.24, 2.45) is 5.11 Å². The Hall–Kier alpha value is -0.810. The van der Waals surface area contributed by atoms with Gasteiger partial charge in [-0.15, -0.1) is 0 Å². The Morgan fingerprint density at radius 2 is 2.29 bits per heavy atom. The summed E-state index contributed by atoms with van der Waals surface area (Å²) in [6, 6.07) is -0.818. The normalized spacial score (nSPS) is 14.5. The molecule has 0 aliphatic rings. The molecule has 0 unspecified atom stereocenters. The van der Waals surface area contributed by atoms with Gasteiger partial charge in [0.15, 0.2) is 0 Å². The van der Waals surface area contributed by atoms with Crippen LogP contribution in [0.1, 0.15) is 19.8 Å². The van der Waals surface area contributed by atoms with Crippen LogP contribution in [0.4, 0.5) is 0 Å². The first-order valence-electron chi connectivity index (χ1n) is 4.67. The smallest absolute Gasteiger partial charge is 0.0886 e. The van der Waals surface area contributed by atoms with Gasteiger partial charge in [-0.3, -0.25) is 0 Å². The zero-order valence-corrected chi connectivity index (χ0v) is 8.33. The molecule has 0 radical (unpaired) electrons. The molecule has 0 aromatic carbocycles. The number of hydrogen-bond acceptors (Lipinski definition) is 4. The highest BCUT2D eigenvalue weighted by Gasteiger charge is 2.16. The maximum Gasteiger partial charge on any atom is 0.0886 e. The number of aliphatic hydroxyl groups is 2. The van der Waals surface area contributed by atoms with Crippen LogP contribution >= 0.6 is 0 Å². The first kappa shape index (κ1) is 13.2. The SMILES string of the molecule is CCCCOC[C@H](O)[C@H](CO)N=[N+]=[N-]. The molecular formula is C8H17N3O3. The fourth-order valence-corrected chi connectivity index (χ4v) is 0.863. The molecule has 0 heterocycles. The van der Waals surface area contributed by atoms with Crippen molar-refractivity contribution in [1.82, 2.24) is 0 Å². The van der Waals surface area contributed by atoms with Gasteiger partial charge in [-0.1, -0.05) is 18.5 Å². The van der Waals surface area contributed by atoms with Crippen molar-refractivity contribution in [3.63, 3.8) is 0 Å². The van der Waals surface area contributed by atoms with Crippen LogP contribution in [0.25, 0.3) is 10.4 Å². The van der Waals surface area contributed by atoms with Crippen LogP contribution in [0.2, 0.25) is 0 Å². The molecule has 0 amide bonds. The third-order valence-electron chi connectivity index (χ3n) is 1.76. The number of hydrogen-bond donors (Lipinski definition) is 2. The molecule has 0 saturated heterocycles. The van der Waals surface area contributed by atoms with Crippen molar-refractivity contribution in [2.75, 3.05) is 19.8 Å². The summed E-state index contributed by atoms with van der Waals surface area (Å²) in [6.45, 7) is 2.32. The summed E-state index contributed by atoms with van der Waals surface area (Å²) in [5, 5.41) is 21.4. The van der Waals surface area contributed by atoms with Gasteiger partial charge in [0.25, 0.3) is 0 Å². The maximum atomic E-state index is 9.39. The van der Waals surface area contributed by atoms with Gasteiger partial charge in [-0.2, -0.15) is 0 Å². The van der Waals surface area contributed by atoms with Gasteiger partial charge in [0.1, 0.15) is 0 Å². The molecular weight excluding hydrogens is 186 g/mol. The van der Waals surface area contributed by atoms with Crippen molar-refractivity contribution in [1.29, 1.82) is 0 Å². The van der Waals surface area contributed by atoms with Crippen LogP contribution in [0.5, 0.6) is 0 Å². The molecule has 0 fully saturated rings. The number of azide groups is 1. The minimum atomic E-state index is -0.937. The zero-order valence-electron chi connectivity index (χ0n) is 8.33. The topological polar surface area (TPSA) is 98.5 Å². The van der Waals surface area contributed by atoms with E-state index in [0.29, 0.717) is 6.61 Å². The third-order valence-corrected chi connectivity index (χ3v) is 1.76. The van der Waals surface area contributed by atoms with Crippen molar-refractivity contribution in [3.05, 3.63) is 10.4 Å². The molecule has 2 N–H and O–H groups in total. The van der Waals surface area contributed by atoms with Crippen molar-refractivity contribution in [2.45, 2.75) is 31.9 Å². The van der Waals surface area contributed by atoms with E-state index in [2.05, 4.69) is 10.0 Å². The van der Waals surface area contributed by atoms with Gasteiger partial charge in [0.2, 0.25) is 0 Å². The summed E-state index contributed by atoms with van der Waals surface area (Å²) in [4.78, 5) is 2.52. The number of ether oxygens (including phenoxy) is 1. The molecule has 0 aliphatic heterocycles. The van der Waals surface area contributed by atoms with Crippen LogP contribution in [-0.2, 0) is 4.74 Å². The molecule has 2 atom stereocenters. The second-order valence-corrected chi connectivity index (χ2v) is 2.95. The number of unbranched alkanes of at least 4 members (excludes halogenated alkanes) is 1. The molecule has 82 valence electrons. The minimum Gasteiger partial charge on any atom is -0.396 e. The molecule has 0 spiro atoms. The summed E-state index contributed by atoms with van der Waals surface area (Å²) >= 11 is 0. The second kappa shape index (κ2) is 8.77. The van der Waals surface area contributed by atoms with Crippen LogP contribution < -0.4 is 0 Å². The highest BCUT2D eigenvalue weighted by atomic mass is 16.5. The minimum absolute atomic E-state index is 0.0875. The zero-order chi connectivity index (χ0) is 10.8. The molecule has 14 heavy (non-hydrogen) atoms. The molecule has 0 saturated carbocycles. The molecule has 6 heteroatoms. The van der Waals surface area contributed by atoms with E-state index in [-0.39, 0.29) is 13.2 Å². The molecule has 0 aliphatic carbocycles. The Labute approximate surface area is 83.1 Å². The molecule has 6 nitrogen and oxygen atoms in total. The lowest BCUT2D eigenvalue weighted by molar-refractivity contribution is 0.0121. The summed E-state index contributed by atoms with van der Waals surface area (Å²) < 4.78 is 5.12. The van der Waals surface area contributed by atoms with Gasteiger partial charge in [-0.05, 0) is 12.0 Å². The van der Waals surface area contributed by atoms with Crippen LogP contribution in [-0.4, -0.2) is 42.2 Å². The molecule has 0 aromatic rings. The van der Waals surface area contributed by atoms with Crippen molar-refractivity contribution < 1.29 is 14.9 Å². The predicted molar refractivity (Wildman–Crippen MR) is 51.8 cm³/mol. The summed E-state index contributed by atoms with van der Waals surface area (Å²) in [5.41, 5.74) is 8.12. The second-order valence-electron chi connectivity index (χ2n) is 2.95. The first-order valence-corrected chi connectivity index (χ1v) is 4.67. The predicted octanol–water partition coefficient (Wildman–Crippen LogP) is 0.835. The van der Waals surface area contributed by atoms with E-state index < -0.39 is 12.1 Å².